The highest BCUT2D eigenvalue weighted by Crippen LogP contribution is 2.29. The summed E-state index contributed by atoms with van der Waals surface area (Å²) in [6.07, 6.45) is 2.32. The summed E-state index contributed by atoms with van der Waals surface area (Å²) in [4.78, 5) is 18.1. The van der Waals surface area contributed by atoms with E-state index < -0.39 is 0 Å². The van der Waals surface area contributed by atoms with Gasteiger partial charge in [-0.1, -0.05) is 23.9 Å². The number of hydrogen-bond donors (Lipinski definition) is 1. The Labute approximate surface area is 108 Å². The summed E-state index contributed by atoms with van der Waals surface area (Å²) >= 11 is 1.32. The molecule has 0 saturated heterocycles. The Morgan fingerprint density at radius 1 is 1.44 bits per heavy atom. The molecule has 2 aromatic rings. The largest absolute Gasteiger partial charge is 0.493 e. The first kappa shape index (κ1) is 12.2. The van der Waals surface area contributed by atoms with Crippen LogP contribution in [0.3, 0.4) is 0 Å². The fourth-order valence-corrected chi connectivity index (χ4v) is 2.10. The third-order valence-corrected chi connectivity index (χ3v) is 3.02. The van der Waals surface area contributed by atoms with Crippen molar-refractivity contribution in [1.29, 1.82) is 0 Å². The number of rotatable bonds is 3. The molecule has 0 amide bonds. The highest BCUT2D eigenvalue weighted by atomic mass is 32.2. The minimum absolute atomic E-state index is 0.00797. The third-order valence-electron chi connectivity index (χ3n) is 2.38. The molecule has 18 heavy (non-hydrogen) atoms. The number of carbonyl (C=O) groups excluding carboxylic acids is 1. The third kappa shape index (κ3) is 1.96. The van der Waals surface area contributed by atoms with Crippen LogP contribution in [-0.4, -0.2) is 27.2 Å². The number of hydrogen-bond acceptors (Lipinski definition) is 4. The lowest BCUT2D eigenvalue weighted by Gasteiger charge is -2.07. The topological polar surface area (TPSA) is 59.5 Å². The van der Waals surface area contributed by atoms with Crippen molar-refractivity contribution >= 4 is 23.7 Å². The first-order valence-electron chi connectivity index (χ1n) is 5.00. The van der Waals surface area contributed by atoms with E-state index in [0.29, 0.717) is 22.8 Å². The SMILES string of the molecule is [C-]#[N+]c1ccc(-n2c(SC)nc(C=O)c2O)cc1. The van der Waals surface area contributed by atoms with Gasteiger partial charge in [0, 0.05) is 5.69 Å². The number of imidazole rings is 1. The van der Waals surface area contributed by atoms with E-state index in [2.05, 4.69) is 9.83 Å². The van der Waals surface area contributed by atoms with Gasteiger partial charge in [0.05, 0.1) is 6.57 Å². The monoisotopic (exact) mass is 259 g/mol. The van der Waals surface area contributed by atoms with Crippen molar-refractivity contribution in [3.63, 3.8) is 0 Å². The molecule has 90 valence electrons. The fraction of sp³-hybridized carbons (Fsp3) is 0.0833. The van der Waals surface area contributed by atoms with Gasteiger partial charge < -0.3 is 5.11 Å². The average molecular weight is 259 g/mol. The molecule has 0 saturated carbocycles. The van der Waals surface area contributed by atoms with Crippen molar-refractivity contribution < 1.29 is 9.90 Å². The Balaban J connectivity index is 2.58. The summed E-state index contributed by atoms with van der Waals surface area (Å²) in [5.74, 6) is -0.190. The molecular formula is C12H9N3O2S. The Morgan fingerprint density at radius 2 is 2.11 bits per heavy atom. The normalized spacial score (nSPS) is 10.0. The van der Waals surface area contributed by atoms with Gasteiger partial charge in [0.2, 0.25) is 5.88 Å². The molecule has 5 nitrogen and oxygen atoms in total. The molecule has 0 bridgehead atoms. The second kappa shape index (κ2) is 4.94. The smallest absolute Gasteiger partial charge is 0.227 e. The Bertz CT molecular complexity index is 626. The van der Waals surface area contributed by atoms with E-state index in [1.807, 2.05) is 0 Å². The van der Waals surface area contributed by atoms with Gasteiger partial charge in [-0.3, -0.25) is 9.36 Å². The molecule has 0 aliphatic rings. The summed E-state index contributed by atoms with van der Waals surface area (Å²) in [6.45, 7) is 6.88. The predicted octanol–water partition coefficient (Wildman–Crippen LogP) is 2.66. The van der Waals surface area contributed by atoms with Crippen LogP contribution in [0.15, 0.2) is 29.4 Å². The van der Waals surface area contributed by atoms with Crippen LogP contribution < -0.4 is 0 Å². The molecule has 1 heterocycles. The number of carbonyl (C=O) groups is 1. The maximum atomic E-state index is 10.8. The van der Waals surface area contributed by atoms with E-state index in [9.17, 15) is 9.90 Å². The van der Waals surface area contributed by atoms with Crippen LogP contribution in [0.5, 0.6) is 5.88 Å². The summed E-state index contributed by atoms with van der Waals surface area (Å²) in [5, 5.41) is 10.4. The summed E-state index contributed by atoms with van der Waals surface area (Å²) in [5.41, 5.74) is 1.18. The van der Waals surface area contributed by atoms with Crippen molar-refractivity contribution in [2.24, 2.45) is 0 Å². The molecule has 0 unspecified atom stereocenters. The Kier molecular flexibility index (Phi) is 3.35. The van der Waals surface area contributed by atoms with E-state index in [0.717, 1.165) is 0 Å². The van der Waals surface area contributed by atoms with Gasteiger partial charge >= 0.3 is 0 Å². The van der Waals surface area contributed by atoms with Gasteiger partial charge in [-0.05, 0) is 18.4 Å². The first-order chi connectivity index (χ1) is 8.71. The van der Waals surface area contributed by atoms with E-state index >= 15 is 0 Å². The van der Waals surface area contributed by atoms with Gasteiger partial charge in [0.1, 0.15) is 0 Å². The van der Waals surface area contributed by atoms with Crippen molar-refractivity contribution in [2.45, 2.75) is 5.16 Å². The molecule has 0 fully saturated rings. The summed E-state index contributed by atoms with van der Waals surface area (Å²) in [6, 6.07) is 6.69. The van der Waals surface area contributed by atoms with Crippen molar-refractivity contribution in [3.8, 4) is 11.6 Å². The van der Waals surface area contributed by atoms with E-state index in [1.165, 1.54) is 16.3 Å². The van der Waals surface area contributed by atoms with Crippen LogP contribution >= 0.6 is 11.8 Å². The quantitative estimate of drug-likeness (QED) is 0.523. The molecule has 1 aromatic carbocycles. The number of aldehydes is 1. The van der Waals surface area contributed by atoms with Crippen LogP contribution in [0, 0.1) is 6.57 Å². The highest BCUT2D eigenvalue weighted by molar-refractivity contribution is 7.98. The zero-order chi connectivity index (χ0) is 13.1. The lowest BCUT2D eigenvalue weighted by atomic mass is 10.3. The molecule has 0 spiro atoms. The molecule has 0 aliphatic heterocycles. The van der Waals surface area contributed by atoms with Gasteiger partial charge in [-0.15, -0.1) is 0 Å². The Morgan fingerprint density at radius 3 is 2.61 bits per heavy atom. The number of benzene rings is 1. The van der Waals surface area contributed by atoms with Crippen molar-refractivity contribution in [2.75, 3.05) is 6.26 Å². The standard InChI is InChI=1S/C12H9N3O2S/c1-13-8-3-5-9(6-4-8)15-11(17)10(7-16)14-12(15)18-2/h3-7,17H,2H3. The van der Waals surface area contributed by atoms with Gasteiger partial charge in [0.25, 0.3) is 0 Å². The molecule has 0 atom stereocenters. The number of aromatic hydroxyl groups is 1. The molecule has 0 aliphatic carbocycles. The van der Waals surface area contributed by atoms with Crippen LogP contribution in [0.1, 0.15) is 10.5 Å². The number of thioether (sulfide) groups is 1. The van der Waals surface area contributed by atoms with Gasteiger partial charge in [-0.25, -0.2) is 9.83 Å². The molecule has 6 heteroatoms. The molecule has 2 rings (SSSR count). The van der Waals surface area contributed by atoms with Crippen molar-refractivity contribution in [1.82, 2.24) is 9.55 Å². The molecule has 0 radical (unpaired) electrons. The second-order valence-corrected chi connectivity index (χ2v) is 4.16. The first-order valence-corrected chi connectivity index (χ1v) is 6.22. The molecule has 1 aromatic heterocycles. The average Bonchev–Trinajstić information content (AvgIpc) is 2.75. The number of nitrogens with zero attached hydrogens (tertiary/aromatic N) is 3. The molecule has 1 N–H and O–H groups in total. The fourth-order valence-electron chi connectivity index (χ4n) is 1.53. The highest BCUT2D eigenvalue weighted by Gasteiger charge is 2.16. The zero-order valence-corrected chi connectivity index (χ0v) is 10.3. The minimum Gasteiger partial charge on any atom is -0.493 e. The number of aromatic nitrogens is 2. The maximum Gasteiger partial charge on any atom is 0.227 e. The summed E-state index contributed by atoms with van der Waals surface area (Å²) < 4.78 is 1.47. The van der Waals surface area contributed by atoms with E-state index in [1.54, 1.807) is 30.5 Å². The lowest BCUT2D eigenvalue weighted by Crippen LogP contribution is -1.95. The molecular weight excluding hydrogens is 250 g/mol. The predicted molar refractivity (Wildman–Crippen MR) is 68.7 cm³/mol. The summed E-state index contributed by atoms with van der Waals surface area (Å²) in [7, 11) is 0. The van der Waals surface area contributed by atoms with Crippen LogP contribution in [0.2, 0.25) is 0 Å². The van der Waals surface area contributed by atoms with Gasteiger partial charge in [0.15, 0.2) is 22.8 Å². The lowest BCUT2D eigenvalue weighted by molar-refractivity contribution is 0.111. The Hall–Kier alpha value is -2.26. The van der Waals surface area contributed by atoms with Crippen LogP contribution in [0.25, 0.3) is 10.5 Å². The van der Waals surface area contributed by atoms with Crippen molar-refractivity contribution in [3.05, 3.63) is 41.4 Å². The van der Waals surface area contributed by atoms with E-state index in [-0.39, 0.29) is 11.6 Å². The zero-order valence-electron chi connectivity index (χ0n) is 9.49. The second-order valence-electron chi connectivity index (χ2n) is 3.39. The minimum atomic E-state index is -0.190. The van der Waals surface area contributed by atoms with Crippen LogP contribution in [-0.2, 0) is 0 Å². The van der Waals surface area contributed by atoms with E-state index in [4.69, 9.17) is 6.57 Å². The van der Waals surface area contributed by atoms with Gasteiger partial charge in [-0.2, -0.15) is 0 Å². The van der Waals surface area contributed by atoms with Crippen LogP contribution in [0.4, 0.5) is 5.69 Å². The maximum absolute atomic E-state index is 10.8.